The van der Waals surface area contributed by atoms with Crippen LogP contribution in [0.4, 0.5) is 5.00 Å². The third kappa shape index (κ3) is 4.73. The monoisotopic (exact) mass is 447 g/mol. The van der Waals surface area contributed by atoms with Crippen LogP contribution in [-0.2, 0) is 17.6 Å². The molecule has 0 radical (unpaired) electrons. The first kappa shape index (κ1) is 21.8. The second-order valence-corrected chi connectivity index (χ2v) is 9.74. The van der Waals surface area contributed by atoms with Crippen molar-refractivity contribution in [1.29, 1.82) is 0 Å². The van der Waals surface area contributed by atoms with E-state index in [1.54, 1.807) is 18.3 Å². The van der Waals surface area contributed by atoms with Crippen molar-refractivity contribution < 1.29 is 9.90 Å². The molecule has 2 N–H and O–H groups in total. The highest BCUT2D eigenvalue weighted by atomic mass is 35.5. The molecule has 1 fully saturated rings. The normalized spacial score (nSPS) is 18.8. The number of aliphatic hydroxyl groups excluding tert-OH is 1. The number of halogens is 1. The molecule has 5 nitrogen and oxygen atoms in total. The number of nitrogens with zero attached hydrogens (tertiary/aromatic N) is 2. The number of thiophene rings is 1. The number of β-amino-alcohol motifs (C(OH)–C–C–N with tert-alkyl or cyclic N) is 1. The van der Waals surface area contributed by atoms with Crippen molar-refractivity contribution in [3.05, 3.63) is 50.9 Å². The summed E-state index contributed by atoms with van der Waals surface area (Å²) in [5, 5.41) is 14.2. The van der Waals surface area contributed by atoms with Crippen molar-refractivity contribution in [3.63, 3.8) is 0 Å². The zero-order valence-corrected chi connectivity index (χ0v) is 19.1. The van der Waals surface area contributed by atoms with Gasteiger partial charge in [-0.1, -0.05) is 23.7 Å². The van der Waals surface area contributed by atoms with Gasteiger partial charge in [0.1, 0.15) is 5.00 Å². The van der Waals surface area contributed by atoms with E-state index in [4.69, 9.17) is 11.6 Å². The number of carbonyl (C=O) groups is 1. The number of rotatable bonds is 6. The number of hydrogen-bond acceptors (Lipinski definition) is 5. The summed E-state index contributed by atoms with van der Waals surface area (Å²) in [6, 6.07) is 8.22. The predicted octanol–water partition coefficient (Wildman–Crippen LogP) is 3.94. The summed E-state index contributed by atoms with van der Waals surface area (Å²) in [5.74, 6) is -0.0209. The van der Waals surface area contributed by atoms with E-state index in [-0.39, 0.29) is 18.6 Å². The van der Waals surface area contributed by atoms with Crippen LogP contribution in [0, 0.1) is 0 Å². The van der Waals surface area contributed by atoms with Gasteiger partial charge in [0.25, 0.3) is 0 Å². The molecular formula is C23H30ClN3O2S. The molecule has 1 aliphatic heterocycles. The lowest BCUT2D eigenvalue weighted by Crippen LogP contribution is -2.48. The second-order valence-electron chi connectivity index (χ2n) is 8.19. The maximum absolute atomic E-state index is 12.0. The lowest BCUT2D eigenvalue weighted by molar-refractivity contribution is -0.114. The second kappa shape index (κ2) is 9.79. The van der Waals surface area contributed by atoms with Gasteiger partial charge in [0.05, 0.1) is 12.6 Å². The zero-order valence-electron chi connectivity index (χ0n) is 17.5. The minimum absolute atomic E-state index is 0.0209. The van der Waals surface area contributed by atoms with Crippen LogP contribution in [0.15, 0.2) is 24.3 Å². The van der Waals surface area contributed by atoms with Crippen molar-refractivity contribution in [1.82, 2.24) is 9.80 Å². The molecular weight excluding hydrogens is 418 g/mol. The maximum atomic E-state index is 12.0. The Morgan fingerprint density at radius 1 is 1.23 bits per heavy atom. The minimum atomic E-state index is -0.0209. The molecule has 2 heterocycles. The number of aliphatic hydroxyl groups is 1. The van der Waals surface area contributed by atoms with Gasteiger partial charge in [-0.3, -0.25) is 14.6 Å². The number of nitrogens with one attached hydrogen (secondary N) is 1. The Kier molecular flexibility index (Phi) is 7.11. The molecule has 1 atom stereocenters. The molecule has 2 aliphatic rings. The highest BCUT2D eigenvalue weighted by Gasteiger charge is 2.33. The molecule has 162 valence electrons. The average molecular weight is 448 g/mol. The van der Waals surface area contributed by atoms with E-state index in [0.29, 0.717) is 0 Å². The highest BCUT2D eigenvalue weighted by Crippen LogP contribution is 2.45. The molecule has 4 rings (SSSR count). The molecule has 1 aromatic carbocycles. The summed E-state index contributed by atoms with van der Waals surface area (Å²) in [6.07, 6.45) is 4.58. The summed E-state index contributed by atoms with van der Waals surface area (Å²) >= 11 is 8.15. The lowest BCUT2D eigenvalue weighted by atomic mass is 9.88. The average Bonchev–Trinajstić information content (AvgIpc) is 3.07. The van der Waals surface area contributed by atoms with Crippen LogP contribution in [0.3, 0.4) is 0 Å². The molecule has 0 spiro atoms. The van der Waals surface area contributed by atoms with Gasteiger partial charge in [0.2, 0.25) is 5.91 Å². The Balaban J connectivity index is 1.77. The van der Waals surface area contributed by atoms with E-state index in [9.17, 15) is 9.90 Å². The van der Waals surface area contributed by atoms with Gasteiger partial charge in [-0.15, -0.1) is 11.3 Å². The van der Waals surface area contributed by atoms with Gasteiger partial charge in [-0.2, -0.15) is 0 Å². The van der Waals surface area contributed by atoms with E-state index in [1.165, 1.54) is 34.4 Å². The Labute approximate surface area is 187 Å². The smallest absolute Gasteiger partial charge is 0.221 e. The summed E-state index contributed by atoms with van der Waals surface area (Å²) in [6.45, 7) is 6.20. The molecule has 0 unspecified atom stereocenters. The predicted molar refractivity (Wildman–Crippen MR) is 124 cm³/mol. The highest BCUT2D eigenvalue weighted by molar-refractivity contribution is 7.16. The van der Waals surface area contributed by atoms with Crippen LogP contribution in [0.25, 0.3) is 0 Å². The maximum Gasteiger partial charge on any atom is 0.221 e. The van der Waals surface area contributed by atoms with Crippen LogP contribution >= 0.6 is 22.9 Å². The molecule has 1 amide bonds. The fraction of sp³-hybridized carbons (Fsp3) is 0.522. The van der Waals surface area contributed by atoms with Gasteiger partial charge in [0.15, 0.2) is 0 Å². The molecule has 1 aromatic heterocycles. The Hall–Kier alpha value is -1.44. The number of carbonyl (C=O) groups excluding carboxylic acids is 1. The summed E-state index contributed by atoms with van der Waals surface area (Å²) in [7, 11) is 0. The largest absolute Gasteiger partial charge is 0.395 e. The Morgan fingerprint density at radius 2 is 2.00 bits per heavy atom. The zero-order chi connectivity index (χ0) is 21.1. The topological polar surface area (TPSA) is 55.8 Å². The first-order valence-electron chi connectivity index (χ1n) is 10.8. The van der Waals surface area contributed by atoms with Gasteiger partial charge in [-0.05, 0) is 48.9 Å². The Morgan fingerprint density at radius 3 is 2.70 bits per heavy atom. The van der Waals surface area contributed by atoms with Gasteiger partial charge in [0, 0.05) is 55.1 Å². The number of piperazine rings is 1. The number of fused-ring (bicyclic) bond motifs is 1. The molecule has 0 bridgehead atoms. The number of anilines is 1. The van der Waals surface area contributed by atoms with Crippen LogP contribution in [-0.4, -0.2) is 60.1 Å². The first-order chi connectivity index (χ1) is 14.6. The minimum Gasteiger partial charge on any atom is -0.395 e. The number of amides is 1. The lowest BCUT2D eigenvalue weighted by Gasteiger charge is -2.40. The Bertz CT molecular complexity index is 893. The fourth-order valence-electron chi connectivity index (χ4n) is 4.76. The summed E-state index contributed by atoms with van der Waals surface area (Å²) in [5.41, 5.74) is 3.87. The quantitative estimate of drug-likeness (QED) is 0.704. The molecule has 2 aromatic rings. The van der Waals surface area contributed by atoms with Gasteiger partial charge in [-0.25, -0.2) is 0 Å². The van der Waals surface area contributed by atoms with Crippen LogP contribution in [0.2, 0.25) is 5.02 Å². The van der Waals surface area contributed by atoms with Crippen molar-refractivity contribution in [2.75, 3.05) is 44.6 Å². The third-order valence-electron chi connectivity index (χ3n) is 6.13. The van der Waals surface area contributed by atoms with Crippen molar-refractivity contribution in [3.8, 4) is 0 Å². The number of aryl methyl sites for hydroxylation is 1. The van der Waals surface area contributed by atoms with Crippen molar-refractivity contribution in [2.24, 2.45) is 0 Å². The van der Waals surface area contributed by atoms with Crippen molar-refractivity contribution >= 4 is 33.8 Å². The molecule has 7 heteroatoms. The molecule has 30 heavy (non-hydrogen) atoms. The number of hydrogen-bond donors (Lipinski definition) is 2. The van der Waals surface area contributed by atoms with Gasteiger partial charge >= 0.3 is 0 Å². The van der Waals surface area contributed by atoms with Crippen LogP contribution in [0.5, 0.6) is 0 Å². The SMILES string of the molecule is CC(=O)Nc1sc2c(c1[C@H](c1cccc(Cl)c1)N1CCN(CCO)CC1)CCCC2. The van der Waals surface area contributed by atoms with E-state index in [2.05, 4.69) is 27.2 Å². The molecule has 1 saturated heterocycles. The van der Waals surface area contributed by atoms with Crippen LogP contribution < -0.4 is 5.32 Å². The standard InChI is InChI=1S/C23H30ClN3O2S/c1-16(29)25-23-21(19-7-2-3-8-20(19)30-23)22(17-5-4-6-18(24)15-17)27-11-9-26(10-12-27)13-14-28/h4-6,15,22,28H,2-3,7-14H2,1H3,(H,25,29)/t22-/m0/s1. The summed E-state index contributed by atoms with van der Waals surface area (Å²) < 4.78 is 0. The van der Waals surface area contributed by atoms with Crippen LogP contribution in [0.1, 0.15) is 47.4 Å². The van der Waals surface area contributed by atoms with E-state index >= 15 is 0 Å². The first-order valence-corrected chi connectivity index (χ1v) is 12.0. The van der Waals surface area contributed by atoms with E-state index in [0.717, 1.165) is 55.6 Å². The van der Waals surface area contributed by atoms with Gasteiger partial charge < -0.3 is 10.4 Å². The molecule has 0 saturated carbocycles. The van der Waals surface area contributed by atoms with Crippen molar-refractivity contribution in [2.45, 2.75) is 38.6 Å². The van der Waals surface area contributed by atoms with E-state index in [1.807, 2.05) is 12.1 Å². The fourth-order valence-corrected chi connectivity index (χ4v) is 6.32. The summed E-state index contributed by atoms with van der Waals surface area (Å²) in [4.78, 5) is 18.3. The van der Waals surface area contributed by atoms with E-state index < -0.39 is 0 Å². The number of benzene rings is 1. The third-order valence-corrected chi connectivity index (χ3v) is 7.59. The molecule has 1 aliphatic carbocycles.